The number of ether oxygens (including phenoxy) is 2. The second-order valence-corrected chi connectivity index (χ2v) is 9.60. The number of carbonyl (C=O) groups excluding carboxylic acids is 2. The summed E-state index contributed by atoms with van der Waals surface area (Å²) in [6, 6.07) is 16.8. The standard InChI is InChI=1S/C26H27Cl2N3O5/c1-26(2,3)36-25(33)30-22(16-34-15-17-7-5-4-6-8-17)24(32)31-29-14-19-10-12-23(35-19)20-13-18(27)9-11-21(20)28/h4-14,22H,15-16H2,1-3H3,(H,30,33)(H,31,32)/b29-14-/t22-/m0/s1. The van der Waals surface area contributed by atoms with Crippen molar-refractivity contribution in [3.63, 3.8) is 0 Å². The third-order valence-electron chi connectivity index (χ3n) is 4.59. The molecular formula is C26H27Cl2N3O5. The predicted molar refractivity (Wildman–Crippen MR) is 139 cm³/mol. The molecule has 2 N–H and O–H groups in total. The minimum atomic E-state index is -1.04. The maximum Gasteiger partial charge on any atom is 0.408 e. The van der Waals surface area contributed by atoms with Gasteiger partial charge in [0.2, 0.25) is 0 Å². The summed E-state index contributed by atoms with van der Waals surface area (Å²) in [5.41, 5.74) is 3.23. The molecule has 3 rings (SSSR count). The van der Waals surface area contributed by atoms with Crippen LogP contribution in [0, 0.1) is 0 Å². The van der Waals surface area contributed by atoms with Crippen LogP contribution in [0.25, 0.3) is 11.3 Å². The Morgan fingerprint density at radius 2 is 1.83 bits per heavy atom. The molecule has 0 bridgehead atoms. The van der Waals surface area contributed by atoms with Crippen molar-refractivity contribution in [3.8, 4) is 11.3 Å². The van der Waals surface area contributed by atoms with Gasteiger partial charge in [-0.05, 0) is 56.7 Å². The summed E-state index contributed by atoms with van der Waals surface area (Å²) in [7, 11) is 0. The Morgan fingerprint density at radius 1 is 1.08 bits per heavy atom. The van der Waals surface area contributed by atoms with Crippen molar-refractivity contribution in [1.29, 1.82) is 0 Å². The molecule has 1 aromatic heterocycles. The van der Waals surface area contributed by atoms with Crippen LogP contribution in [0.4, 0.5) is 4.79 Å². The highest BCUT2D eigenvalue weighted by molar-refractivity contribution is 6.35. The summed E-state index contributed by atoms with van der Waals surface area (Å²) in [5.74, 6) is 0.280. The molecule has 3 aromatic rings. The topological polar surface area (TPSA) is 102 Å². The van der Waals surface area contributed by atoms with Gasteiger partial charge in [-0.15, -0.1) is 0 Å². The fourth-order valence-electron chi connectivity index (χ4n) is 2.99. The number of furan rings is 1. The summed E-state index contributed by atoms with van der Waals surface area (Å²) in [4.78, 5) is 25.0. The quantitative estimate of drug-likeness (QED) is 0.267. The zero-order valence-corrected chi connectivity index (χ0v) is 21.6. The lowest BCUT2D eigenvalue weighted by molar-refractivity contribution is -0.124. The number of benzene rings is 2. The molecule has 1 atom stereocenters. The summed E-state index contributed by atoms with van der Waals surface area (Å²) >= 11 is 12.3. The Balaban J connectivity index is 1.62. The van der Waals surface area contributed by atoms with Crippen LogP contribution in [0.15, 0.2) is 70.2 Å². The van der Waals surface area contributed by atoms with Gasteiger partial charge in [0.05, 0.1) is 24.5 Å². The number of nitrogens with one attached hydrogen (secondary N) is 2. The molecular weight excluding hydrogens is 505 g/mol. The smallest absolute Gasteiger partial charge is 0.408 e. The number of carbonyl (C=O) groups is 2. The molecule has 0 radical (unpaired) electrons. The van der Waals surface area contributed by atoms with E-state index in [2.05, 4.69) is 15.8 Å². The molecule has 0 aliphatic heterocycles. The summed E-state index contributed by atoms with van der Waals surface area (Å²) < 4.78 is 16.6. The molecule has 0 unspecified atom stereocenters. The number of alkyl carbamates (subject to hydrolysis) is 1. The number of rotatable bonds is 9. The monoisotopic (exact) mass is 531 g/mol. The third-order valence-corrected chi connectivity index (χ3v) is 5.16. The number of hydrogen-bond acceptors (Lipinski definition) is 6. The fourth-order valence-corrected chi connectivity index (χ4v) is 3.38. The van der Waals surface area contributed by atoms with Gasteiger partial charge in [0.25, 0.3) is 5.91 Å². The lowest BCUT2D eigenvalue weighted by Gasteiger charge is -2.22. The van der Waals surface area contributed by atoms with Crippen LogP contribution < -0.4 is 10.7 Å². The summed E-state index contributed by atoms with van der Waals surface area (Å²) in [5, 5.41) is 7.46. The minimum absolute atomic E-state index is 0.0896. The van der Waals surface area contributed by atoms with Gasteiger partial charge in [-0.1, -0.05) is 53.5 Å². The van der Waals surface area contributed by atoms with Crippen molar-refractivity contribution in [2.75, 3.05) is 6.61 Å². The minimum Gasteiger partial charge on any atom is -0.455 e. The molecule has 10 heteroatoms. The maximum absolute atomic E-state index is 12.7. The van der Waals surface area contributed by atoms with Gasteiger partial charge in [0.15, 0.2) is 0 Å². The fraction of sp³-hybridized carbons (Fsp3) is 0.269. The molecule has 0 aliphatic carbocycles. The highest BCUT2D eigenvalue weighted by atomic mass is 35.5. The van der Waals surface area contributed by atoms with Crippen LogP contribution >= 0.6 is 23.2 Å². The Hall–Kier alpha value is -3.33. The van der Waals surface area contributed by atoms with Gasteiger partial charge < -0.3 is 19.2 Å². The van der Waals surface area contributed by atoms with E-state index in [1.165, 1.54) is 6.21 Å². The first-order valence-corrected chi connectivity index (χ1v) is 11.9. The Morgan fingerprint density at radius 3 is 2.56 bits per heavy atom. The SMILES string of the molecule is CC(C)(C)OC(=O)N[C@@H](COCc1ccccc1)C(=O)N/N=C\c1ccc(-c2cc(Cl)ccc2Cl)o1. The lowest BCUT2D eigenvalue weighted by atomic mass is 10.2. The molecule has 190 valence electrons. The van der Waals surface area contributed by atoms with Crippen LogP contribution in [0.5, 0.6) is 0 Å². The van der Waals surface area contributed by atoms with E-state index >= 15 is 0 Å². The molecule has 0 aliphatic rings. The lowest BCUT2D eigenvalue weighted by Crippen LogP contribution is -2.49. The van der Waals surface area contributed by atoms with Crippen LogP contribution in [0.2, 0.25) is 10.0 Å². The molecule has 2 aromatic carbocycles. The zero-order chi connectivity index (χ0) is 26.1. The Labute approximate surface area is 219 Å². The van der Waals surface area contributed by atoms with Gasteiger partial charge in [0, 0.05) is 10.6 Å². The summed E-state index contributed by atoms with van der Waals surface area (Å²) in [6.45, 7) is 5.36. The van der Waals surface area contributed by atoms with Gasteiger partial charge in [-0.25, -0.2) is 10.2 Å². The van der Waals surface area contributed by atoms with Crippen molar-refractivity contribution in [2.45, 2.75) is 39.0 Å². The van der Waals surface area contributed by atoms with Crippen LogP contribution in [-0.2, 0) is 20.9 Å². The first-order chi connectivity index (χ1) is 17.1. The van der Waals surface area contributed by atoms with Crippen molar-refractivity contribution in [2.24, 2.45) is 5.10 Å². The summed E-state index contributed by atoms with van der Waals surface area (Å²) in [6.07, 6.45) is 0.582. The average molecular weight is 532 g/mol. The van der Waals surface area contributed by atoms with Gasteiger partial charge >= 0.3 is 6.09 Å². The Kier molecular flexibility index (Phi) is 9.52. The normalized spacial score (nSPS) is 12.4. The number of hydrazone groups is 1. The average Bonchev–Trinajstić information content (AvgIpc) is 3.28. The van der Waals surface area contributed by atoms with Gasteiger partial charge in [-0.3, -0.25) is 4.79 Å². The number of hydrogen-bond donors (Lipinski definition) is 2. The Bertz CT molecular complexity index is 1210. The molecule has 0 saturated carbocycles. The molecule has 8 nitrogen and oxygen atoms in total. The number of amides is 2. The first-order valence-electron chi connectivity index (χ1n) is 11.1. The molecule has 0 fully saturated rings. The largest absolute Gasteiger partial charge is 0.455 e. The molecule has 0 spiro atoms. The van der Waals surface area contributed by atoms with E-state index in [4.69, 9.17) is 37.1 Å². The molecule has 0 saturated heterocycles. The first kappa shape index (κ1) is 27.3. The molecule has 2 amide bonds. The van der Waals surface area contributed by atoms with E-state index in [0.717, 1.165) is 5.56 Å². The van der Waals surface area contributed by atoms with Crippen molar-refractivity contribution in [1.82, 2.24) is 10.7 Å². The van der Waals surface area contributed by atoms with E-state index in [0.29, 0.717) is 27.1 Å². The van der Waals surface area contributed by atoms with Crippen molar-refractivity contribution >= 4 is 41.4 Å². The third kappa shape index (κ3) is 8.71. The van der Waals surface area contributed by atoms with Crippen LogP contribution in [0.3, 0.4) is 0 Å². The van der Waals surface area contributed by atoms with E-state index < -0.39 is 23.6 Å². The van der Waals surface area contributed by atoms with Crippen LogP contribution in [-0.4, -0.2) is 36.5 Å². The van der Waals surface area contributed by atoms with E-state index in [-0.39, 0.29) is 13.2 Å². The van der Waals surface area contributed by atoms with Crippen molar-refractivity contribution < 1.29 is 23.5 Å². The van der Waals surface area contributed by atoms with Gasteiger partial charge in [-0.2, -0.15) is 5.10 Å². The molecule has 1 heterocycles. The van der Waals surface area contributed by atoms with Crippen LogP contribution in [0.1, 0.15) is 32.1 Å². The highest BCUT2D eigenvalue weighted by Crippen LogP contribution is 2.31. The highest BCUT2D eigenvalue weighted by Gasteiger charge is 2.24. The predicted octanol–water partition coefficient (Wildman–Crippen LogP) is 5.81. The van der Waals surface area contributed by atoms with E-state index in [9.17, 15) is 9.59 Å². The zero-order valence-electron chi connectivity index (χ0n) is 20.1. The van der Waals surface area contributed by atoms with E-state index in [1.807, 2.05) is 30.3 Å². The second-order valence-electron chi connectivity index (χ2n) is 8.76. The number of nitrogens with zero attached hydrogens (tertiary/aromatic N) is 1. The van der Waals surface area contributed by atoms with Crippen molar-refractivity contribution in [3.05, 3.63) is 82.0 Å². The maximum atomic E-state index is 12.7. The molecule has 36 heavy (non-hydrogen) atoms. The van der Waals surface area contributed by atoms with Gasteiger partial charge in [0.1, 0.15) is 23.2 Å². The van der Waals surface area contributed by atoms with E-state index in [1.54, 1.807) is 51.1 Å². The second kappa shape index (κ2) is 12.6. The number of halogens is 2.